The van der Waals surface area contributed by atoms with Gasteiger partial charge in [0.1, 0.15) is 0 Å². The van der Waals surface area contributed by atoms with Crippen LogP contribution in [0.5, 0.6) is 0 Å². The van der Waals surface area contributed by atoms with Gasteiger partial charge in [-0.25, -0.2) is 0 Å². The van der Waals surface area contributed by atoms with Gasteiger partial charge in [0.25, 0.3) is 0 Å². The van der Waals surface area contributed by atoms with E-state index < -0.39 is 0 Å². The zero-order valence-electron chi connectivity index (χ0n) is 3.36. The lowest BCUT2D eigenvalue weighted by Gasteiger charge is -1.88. The van der Waals surface area contributed by atoms with Crippen LogP contribution in [0.4, 0.5) is 0 Å². The van der Waals surface area contributed by atoms with Gasteiger partial charge in [-0.3, -0.25) is 4.78 Å². The summed E-state index contributed by atoms with van der Waals surface area (Å²) in [7, 11) is 9.92. The Kier molecular flexibility index (Phi) is 5.19. The highest BCUT2D eigenvalue weighted by atomic mass is 34.1. The monoisotopic (exact) mass is 239 g/mol. The maximum atomic E-state index is 7.30. The van der Waals surface area contributed by atoms with E-state index in [-0.39, 0.29) is 8.76 Å². The van der Waals surface area contributed by atoms with Crippen molar-refractivity contribution in [2.45, 2.75) is 0 Å². The molecule has 8 heteroatoms. The lowest BCUT2D eigenvalue weighted by atomic mass is 14.0. The van der Waals surface area contributed by atoms with Gasteiger partial charge < -0.3 is 0 Å². The largest absolute Gasteiger partial charge is 0.258 e. The van der Waals surface area contributed by atoms with Gasteiger partial charge in [0.2, 0.25) is 0 Å². The Morgan fingerprint density at radius 2 is 1.38 bits per heavy atom. The standard InChI is InChI=1S/HNS7/c1-8-6-4-2-3-5-7-8/h1H. The molecule has 0 spiro atoms. The summed E-state index contributed by atoms with van der Waals surface area (Å²) in [5.41, 5.74) is 0. The average Bonchev–Trinajstić information content (AvgIpc) is 1.94. The maximum absolute atomic E-state index is 7.30. The highest BCUT2D eigenvalue weighted by Gasteiger charge is 2.05. The van der Waals surface area contributed by atoms with Crippen molar-refractivity contribution in [2.24, 2.45) is 0 Å². The first kappa shape index (κ1) is 8.35. The first-order chi connectivity index (χ1) is 3.89. The van der Waals surface area contributed by atoms with E-state index in [1.54, 1.807) is 59.0 Å². The summed E-state index contributed by atoms with van der Waals surface area (Å²) in [4.78, 5) is 0. The molecule has 1 saturated heterocycles. The van der Waals surface area contributed by atoms with Crippen molar-refractivity contribution in [1.29, 1.82) is 4.78 Å². The van der Waals surface area contributed by atoms with E-state index in [0.29, 0.717) is 0 Å². The van der Waals surface area contributed by atoms with Crippen LogP contribution in [-0.4, -0.2) is 0 Å². The van der Waals surface area contributed by atoms with Crippen molar-refractivity contribution in [2.75, 3.05) is 0 Å². The molecule has 0 atom stereocenters. The van der Waals surface area contributed by atoms with Crippen LogP contribution in [0, 0.1) is 4.78 Å². The summed E-state index contributed by atoms with van der Waals surface area (Å²) in [6.45, 7) is 0. The van der Waals surface area contributed by atoms with E-state index in [9.17, 15) is 0 Å². The summed E-state index contributed by atoms with van der Waals surface area (Å²) in [6.07, 6.45) is 0. The minimum Gasteiger partial charge on any atom is -0.258 e. The Hall–Kier alpha value is 2.25. The van der Waals surface area contributed by atoms with Crippen molar-refractivity contribution >= 4 is 67.7 Å². The molecule has 1 aliphatic rings. The third kappa shape index (κ3) is 3.43. The smallest absolute Gasteiger partial charge is 0.0377 e. The highest BCUT2D eigenvalue weighted by molar-refractivity contribution is 9.57. The van der Waals surface area contributed by atoms with Crippen LogP contribution in [-0.2, 0) is 8.76 Å². The highest BCUT2D eigenvalue weighted by Crippen LogP contribution is 2.60. The van der Waals surface area contributed by atoms with Gasteiger partial charge >= 0.3 is 0 Å². The van der Waals surface area contributed by atoms with E-state index in [4.69, 9.17) is 4.78 Å². The summed E-state index contributed by atoms with van der Waals surface area (Å²) in [5.74, 6) is 0. The second kappa shape index (κ2) is 4.97. The van der Waals surface area contributed by atoms with Gasteiger partial charge in [0.05, 0.1) is 0 Å². The number of rotatable bonds is 0. The molecular formula is HNS7. The third-order valence-corrected chi connectivity index (χ3v) is 17.6. The fourth-order valence-electron chi connectivity index (χ4n) is 0.107. The van der Waals surface area contributed by atoms with Gasteiger partial charge in [0, 0.05) is 67.7 Å². The molecule has 1 heterocycles. The fourth-order valence-corrected chi connectivity index (χ4v) is 21.5. The molecule has 0 bridgehead atoms. The van der Waals surface area contributed by atoms with E-state index in [1.165, 1.54) is 0 Å². The predicted molar refractivity (Wildman–Crippen MR) is 55.6 cm³/mol. The van der Waals surface area contributed by atoms with Crippen LogP contribution in [0.3, 0.4) is 0 Å². The molecule has 0 aliphatic carbocycles. The van der Waals surface area contributed by atoms with E-state index in [1.807, 2.05) is 0 Å². The molecule has 0 aromatic rings. The average molecular weight is 239 g/mol. The Bertz CT molecular complexity index is 76.4. The predicted octanol–water partition coefficient (Wildman–Crippen LogP) is 4.18. The summed E-state index contributed by atoms with van der Waals surface area (Å²) >= 11 is 0. The molecule has 1 fully saturated rings. The minimum absolute atomic E-state index is 0.240. The number of nitrogens with one attached hydrogen (secondary N) is 1. The van der Waals surface area contributed by atoms with Crippen LogP contribution < -0.4 is 0 Å². The van der Waals surface area contributed by atoms with Crippen molar-refractivity contribution in [3.8, 4) is 0 Å². The molecule has 1 N–H and O–H groups in total. The Morgan fingerprint density at radius 3 is 1.88 bits per heavy atom. The fraction of sp³-hybridized carbons (Fsp3) is 0. The van der Waals surface area contributed by atoms with Gasteiger partial charge in [-0.15, -0.1) is 0 Å². The van der Waals surface area contributed by atoms with Crippen LogP contribution in [0.2, 0.25) is 0 Å². The molecule has 1 nitrogen and oxygen atoms in total. The molecule has 0 aromatic heterocycles. The van der Waals surface area contributed by atoms with E-state index in [2.05, 4.69) is 0 Å². The summed E-state index contributed by atoms with van der Waals surface area (Å²) in [6, 6.07) is 0. The first-order valence-corrected chi connectivity index (χ1v) is 11.1. The lowest BCUT2D eigenvalue weighted by Crippen LogP contribution is -1.53. The van der Waals surface area contributed by atoms with Gasteiger partial charge in [-0.2, -0.15) is 0 Å². The quantitative estimate of drug-likeness (QED) is 0.636. The van der Waals surface area contributed by atoms with Crippen LogP contribution in [0.15, 0.2) is 0 Å². The molecular weight excluding hydrogens is 238 g/mol. The first-order valence-electron chi connectivity index (χ1n) is 1.37. The van der Waals surface area contributed by atoms with Crippen molar-refractivity contribution < 1.29 is 0 Å². The van der Waals surface area contributed by atoms with Gasteiger partial charge in [-0.1, -0.05) is 0 Å². The molecule has 0 aromatic carbocycles. The zero-order chi connectivity index (χ0) is 5.82. The SMILES string of the molecule is N=S1SSSSSS1. The molecule has 8 heavy (non-hydrogen) atoms. The summed E-state index contributed by atoms with van der Waals surface area (Å²) in [5, 5.41) is 0. The lowest BCUT2D eigenvalue weighted by molar-refractivity contribution is 1.66. The van der Waals surface area contributed by atoms with Crippen molar-refractivity contribution in [3.05, 3.63) is 0 Å². The normalized spacial score (nSPS) is 25.0. The van der Waals surface area contributed by atoms with E-state index >= 15 is 0 Å². The Morgan fingerprint density at radius 1 is 0.875 bits per heavy atom. The molecule has 0 radical (unpaired) electrons. The number of hydrogen-bond acceptors (Lipinski definition) is 7. The molecule has 48 valence electrons. The van der Waals surface area contributed by atoms with E-state index in [0.717, 1.165) is 0 Å². The zero-order valence-corrected chi connectivity index (χ0v) is 9.07. The van der Waals surface area contributed by atoms with Crippen molar-refractivity contribution in [3.63, 3.8) is 0 Å². The topological polar surface area (TPSA) is 23.9 Å². The molecule has 0 saturated carbocycles. The minimum atomic E-state index is -0.240. The maximum Gasteiger partial charge on any atom is 0.0377 e. The Labute approximate surface area is 71.7 Å². The number of hydrogen-bond donors (Lipinski definition) is 1. The second-order valence-corrected chi connectivity index (χ2v) is 14.4. The Balaban J connectivity index is 2.27. The third-order valence-electron chi connectivity index (χ3n) is 0.262. The van der Waals surface area contributed by atoms with Gasteiger partial charge in [-0.05, 0) is 0 Å². The van der Waals surface area contributed by atoms with Crippen LogP contribution in [0.1, 0.15) is 0 Å². The molecule has 0 unspecified atom stereocenters. The molecule has 1 rings (SSSR count). The summed E-state index contributed by atoms with van der Waals surface area (Å²) < 4.78 is 7.30. The van der Waals surface area contributed by atoms with Gasteiger partial charge in [0.15, 0.2) is 0 Å². The molecule has 0 amide bonds. The van der Waals surface area contributed by atoms with Crippen LogP contribution in [0.25, 0.3) is 0 Å². The van der Waals surface area contributed by atoms with Crippen LogP contribution >= 0.6 is 59.0 Å². The second-order valence-electron chi connectivity index (χ2n) is 0.643. The van der Waals surface area contributed by atoms with Crippen molar-refractivity contribution in [1.82, 2.24) is 0 Å². The molecule has 1 aliphatic heterocycles.